The molecule has 1 aromatic heterocycles. The number of hydrogen-bond donors (Lipinski definition) is 2. The largest absolute Gasteiger partial charge is 0.504 e. The van der Waals surface area contributed by atoms with Gasteiger partial charge in [0.1, 0.15) is 0 Å². The topological polar surface area (TPSA) is 79.5 Å². The zero-order chi connectivity index (χ0) is 12.3. The molecule has 0 saturated carbocycles. The molecule has 0 unspecified atom stereocenters. The Morgan fingerprint density at radius 1 is 1.37 bits per heavy atom. The van der Waals surface area contributed by atoms with E-state index in [0.29, 0.717) is 18.4 Å². The first kappa shape index (κ1) is 17.8. The van der Waals surface area contributed by atoms with Crippen LogP contribution in [-0.2, 0) is 11.2 Å². The van der Waals surface area contributed by atoms with E-state index in [4.69, 9.17) is 5.73 Å². The van der Waals surface area contributed by atoms with Crippen molar-refractivity contribution in [2.75, 3.05) is 18.8 Å². The van der Waals surface area contributed by atoms with E-state index in [1.165, 1.54) is 0 Å². The summed E-state index contributed by atoms with van der Waals surface area (Å²) in [7, 11) is 0. The van der Waals surface area contributed by atoms with Crippen LogP contribution in [0, 0.1) is 0 Å². The number of nitrogens with zero attached hydrogens (tertiary/aromatic N) is 2. The summed E-state index contributed by atoms with van der Waals surface area (Å²) in [6.45, 7) is 1.73. The fourth-order valence-electron chi connectivity index (χ4n) is 2.08. The smallest absolute Gasteiger partial charge is 0.222 e. The van der Waals surface area contributed by atoms with Crippen LogP contribution in [0.15, 0.2) is 12.3 Å². The Kier molecular flexibility index (Phi) is 7.56. The zero-order valence-electron chi connectivity index (χ0n) is 10.5. The Labute approximate surface area is 125 Å². The van der Waals surface area contributed by atoms with Crippen molar-refractivity contribution in [2.24, 2.45) is 0 Å². The monoisotopic (exact) mass is 307 g/mol. The lowest BCUT2D eigenvalue weighted by Crippen LogP contribution is -2.27. The Bertz CT molecular complexity index is 423. The second-order valence-corrected chi connectivity index (χ2v) is 4.29. The number of nitrogens with two attached hydrogens (primary N) is 1. The summed E-state index contributed by atoms with van der Waals surface area (Å²) in [6, 6.07) is 1.70. The first-order chi connectivity index (χ1) is 8.18. The standard InChI is InChI=1S/C12H17N3O2.2ClH/c13-12-11(17)9(5-6-14-12)3-4-10(16)15-7-1-2-8-15;;/h5-6,17H,1-4,7-8H2,(H2,13,14);2*1H. The highest BCUT2D eigenvalue weighted by molar-refractivity contribution is 5.85. The molecule has 0 aromatic carbocycles. The van der Waals surface area contributed by atoms with Crippen LogP contribution in [0.1, 0.15) is 24.8 Å². The van der Waals surface area contributed by atoms with Crippen molar-refractivity contribution >= 4 is 36.5 Å². The number of carbonyl (C=O) groups is 1. The van der Waals surface area contributed by atoms with Crippen LogP contribution in [-0.4, -0.2) is 34.0 Å². The van der Waals surface area contributed by atoms with Gasteiger partial charge in [-0.25, -0.2) is 4.98 Å². The fraction of sp³-hybridized carbons (Fsp3) is 0.500. The number of aromatic nitrogens is 1. The Morgan fingerprint density at radius 2 is 2.00 bits per heavy atom. The number of likely N-dealkylation sites (tertiary alicyclic amines) is 1. The van der Waals surface area contributed by atoms with Gasteiger partial charge in [-0.2, -0.15) is 0 Å². The molecule has 2 heterocycles. The molecular weight excluding hydrogens is 289 g/mol. The summed E-state index contributed by atoms with van der Waals surface area (Å²) in [6.07, 6.45) is 4.66. The van der Waals surface area contributed by atoms with Gasteiger partial charge in [0.2, 0.25) is 5.91 Å². The van der Waals surface area contributed by atoms with Gasteiger partial charge in [0, 0.05) is 25.7 Å². The van der Waals surface area contributed by atoms with E-state index in [1.54, 1.807) is 12.3 Å². The van der Waals surface area contributed by atoms with Crippen LogP contribution in [0.5, 0.6) is 5.75 Å². The number of rotatable bonds is 3. The minimum atomic E-state index is 0. The van der Waals surface area contributed by atoms with Crippen molar-refractivity contribution < 1.29 is 9.90 Å². The van der Waals surface area contributed by atoms with E-state index >= 15 is 0 Å². The lowest BCUT2D eigenvalue weighted by molar-refractivity contribution is -0.130. The highest BCUT2D eigenvalue weighted by Crippen LogP contribution is 2.23. The second kappa shape index (κ2) is 8.07. The Hall–Kier alpha value is -1.20. The van der Waals surface area contributed by atoms with E-state index in [2.05, 4.69) is 4.98 Å². The molecule has 5 nitrogen and oxygen atoms in total. The van der Waals surface area contributed by atoms with Crippen molar-refractivity contribution in [3.8, 4) is 5.75 Å². The van der Waals surface area contributed by atoms with Crippen molar-refractivity contribution in [3.05, 3.63) is 17.8 Å². The van der Waals surface area contributed by atoms with Gasteiger partial charge in [0.25, 0.3) is 0 Å². The lowest BCUT2D eigenvalue weighted by Gasteiger charge is -2.15. The van der Waals surface area contributed by atoms with E-state index in [1.807, 2.05) is 4.90 Å². The third-order valence-electron chi connectivity index (χ3n) is 3.10. The van der Waals surface area contributed by atoms with Gasteiger partial charge >= 0.3 is 0 Å². The summed E-state index contributed by atoms with van der Waals surface area (Å²) in [5.41, 5.74) is 6.18. The van der Waals surface area contributed by atoms with Crippen molar-refractivity contribution in [3.63, 3.8) is 0 Å². The van der Waals surface area contributed by atoms with Gasteiger partial charge < -0.3 is 15.7 Å². The SMILES string of the molecule is Cl.Cl.Nc1nccc(CCC(=O)N2CCCC2)c1O. The third kappa shape index (κ3) is 4.44. The summed E-state index contributed by atoms with van der Waals surface area (Å²) in [4.78, 5) is 17.5. The number of anilines is 1. The summed E-state index contributed by atoms with van der Waals surface area (Å²) >= 11 is 0. The van der Waals surface area contributed by atoms with Crippen LogP contribution in [0.4, 0.5) is 5.82 Å². The minimum absolute atomic E-state index is 0. The average molecular weight is 308 g/mol. The maximum absolute atomic E-state index is 11.8. The predicted octanol–water partition coefficient (Wildman–Crippen LogP) is 1.77. The van der Waals surface area contributed by atoms with Crippen LogP contribution in [0.25, 0.3) is 0 Å². The van der Waals surface area contributed by atoms with Gasteiger partial charge in [-0.15, -0.1) is 24.8 Å². The average Bonchev–Trinajstić information content (AvgIpc) is 2.84. The number of nitrogen functional groups attached to an aromatic ring is 1. The molecule has 0 atom stereocenters. The molecule has 0 spiro atoms. The highest BCUT2D eigenvalue weighted by atomic mass is 35.5. The lowest BCUT2D eigenvalue weighted by atomic mass is 10.1. The van der Waals surface area contributed by atoms with E-state index in [-0.39, 0.29) is 42.3 Å². The van der Waals surface area contributed by atoms with Crippen LogP contribution in [0.2, 0.25) is 0 Å². The van der Waals surface area contributed by atoms with Gasteiger partial charge in [0.15, 0.2) is 11.6 Å². The molecule has 1 aliphatic heterocycles. The molecule has 3 N–H and O–H groups in total. The number of pyridine rings is 1. The Morgan fingerprint density at radius 3 is 2.63 bits per heavy atom. The van der Waals surface area contributed by atoms with Gasteiger partial charge in [-0.3, -0.25) is 4.79 Å². The van der Waals surface area contributed by atoms with E-state index in [0.717, 1.165) is 25.9 Å². The number of carbonyl (C=O) groups excluding carboxylic acids is 1. The van der Waals surface area contributed by atoms with E-state index < -0.39 is 0 Å². The number of aryl methyl sites for hydroxylation is 1. The van der Waals surface area contributed by atoms with Gasteiger partial charge in [-0.05, 0) is 30.9 Å². The van der Waals surface area contributed by atoms with E-state index in [9.17, 15) is 9.90 Å². The first-order valence-electron chi connectivity index (χ1n) is 5.88. The maximum atomic E-state index is 11.8. The normalized spacial score (nSPS) is 13.6. The molecule has 1 saturated heterocycles. The molecule has 1 aromatic rings. The quantitative estimate of drug-likeness (QED) is 0.892. The van der Waals surface area contributed by atoms with Gasteiger partial charge in [0.05, 0.1) is 0 Å². The molecule has 7 heteroatoms. The predicted molar refractivity (Wildman–Crippen MR) is 78.9 cm³/mol. The zero-order valence-corrected chi connectivity index (χ0v) is 12.2. The summed E-state index contributed by atoms with van der Waals surface area (Å²) < 4.78 is 0. The Balaban J connectivity index is 0.00000162. The fourth-order valence-corrected chi connectivity index (χ4v) is 2.08. The van der Waals surface area contributed by atoms with Crippen LogP contribution < -0.4 is 5.73 Å². The molecule has 0 radical (unpaired) electrons. The van der Waals surface area contributed by atoms with Crippen molar-refractivity contribution in [1.82, 2.24) is 9.88 Å². The molecule has 1 aliphatic rings. The number of hydrogen-bond acceptors (Lipinski definition) is 4. The molecule has 0 aliphatic carbocycles. The molecule has 2 rings (SSSR count). The van der Waals surface area contributed by atoms with Gasteiger partial charge in [-0.1, -0.05) is 0 Å². The summed E-state index contributed by atoms with van der Waals surface area (Å²) in [5.74, 6) is 0.273. The third-order valence-corrected chi connectivity index (χ3v) is 3.10. The molecular formula is C12H19Cl2N3O2. The molecule has 108 valence electrons. The van der Waals surface area contributed by atoms with Crippen molar-refractivity contribution in [1.29, 1.82) is 0 Å². The van der Waals surface area contributed by atoms with Crippen LogP contribution in [0.3, 0.4) is 0 Å². The number of halogens is 2. The molecule has 1 fully saturated rings. The van der Waals surface area contributed by atoms with Crippen molar-refractivity contribution in [2.45, 2.75) is 25.7 Å². The second-order valence-electron chi connectivity index (χ2n) is 4.29. The number of amides is 1. The maximum Gasteiger partial charge on any atom is 0.222 e. The van der Waals surface area contributed by atoms with Crippen LogP contribution >= 0.6 is 24.8 Å². The molecule has 19 heavy (non-hydrogen) atoms. The first-order valence-corrected chi connectivity index (χ1v) is 5.88. The molecule has 1 amide bonds. The number of aromatic hydroxyl groups is 1. The summed E-state index contributed by atoms with van der Waals surface area (Å²) in [5, 5.41) is 9.66. The molecule has 0 bridgehead atoms. The highest BCUT2D eigenvalue weighted by Gasteiger charge is 2.18. The minimum Gasteiger partial charge on any atom is -0.504 e.